The fourth-order valence-electron chi connectivity index (χ4n) is 2.88. The van der Waals surface area contributed by atoms with Crippen LogP contribution < -0.4 is 10.6 Å². The molecule has 2 unspecified atom stereocenters. The largest absolute Gasteiger partial charge is 0.374 e. The van der Waals surface area contributed by atoms with E-state index in [0.717, 1.165) is 45.1 Å². The second kappa shape index (κ2) is 6.88. The van der Waals surface area contributed by atoms with Gasteiger partial charge in [-0.2, -0.15) is 0 Å². The highest BCUT2D eigenvalue weighted by Gasteiger charge is 2.33. The van der Waals surface area contributed by atoms with Gasteiger partial charge in [-0.05, 0) is 32.2 Å². The van der Waals surface area contributed by atoms with E-state index in [-0.39, 0.29) is 30.5 Å². The van der Waals surface area contributed by atoms with Crippen molar-refractivity contribution in [3.8, 4) is 0 Å². The number of hydrogen-bond acceptors (Lipinski definition) is 4. The molecule has 3 rings (SSSR count). The number of halogens is 1. The molecule has 2 heterocycles. The third-order valence-electron chi connectivity index (χ3n) is 4.11. The van der Waals surface area contributed by atoms with Crippen molar-refractivity contribution >= 4 is 18.3 Å². The van der Waals surface area contributed by atoms with E-state index in [1.807, 2.05) is 0 Å². The maximum Gasteiger partial charge on any atom is 0.237 e. The van der Waals surface area contributed by atoms with Crippen LogP contribution in [0.15, 0.2) is 0 Å². The minimum atomic E-state index is 0. The number of morpholine rings is 1. The predicted molar refractivity (Wildman–Crippen MR) is 75.6 cm³/mol. The maximum atomic E-state index is 11.9. The predicted octanol–water partition coefficient (Wildman–Crippen LogP) is 0.140. The van der Waals surface area contributed by atoms with Crippen molar-refractivity contribution in [1.29, 1.82) is 0 Å². The summed E-state index contributed by atoms with van der Waals surface area (Å²) in [6.45, 7) is 4.45. The highest BCUT2D eigenvalue weighted by Crippen LogP contribution is 2.28. The zero-order chi connectivity index (χ0) is 12.4. The normalized spacial score (nSPS) is 31.8. The van der Waals surface area contributed by atoms with E-state index >= 15 is 0 Å². The first kappa shape index (κ1) is 15.0. The lowest BCUT2D eigenvalue weighted by atomic mass is 10.2. The average Bonchev–Trinajstić information content (AvgIpc) is 3.11. The van der Waals surface area contributed by atoms with Crippen molar-refractivity contribution in [2.45, 2.75) is 43.9 Å². The zero-order valence-electron chi connectivity index (χ0n) is 11.3. The second-order valence-corrected chi connectivity index (χ2v) is 5.61. The Morgan fingerprint density at radius 1 is 1.37 bits per heavy atom. The van der Waals surface area contributed by atoms with Crippen LogP contribution >= 0.6 is 12.4 Å². The van der Waals surface area contributed by atoms with Crippen LogP contribution in [-0.2, 0) is 9.53 Å². The fourth-order valence-corrected chi connectivity index (χ4v) is 2.88. The lowest BCUT2D eigenvalue weighted by molar-refractivity contribution is -0.124. The molecule has 2 saturated heterocycles. The van der Waals surface area contributed by atoms with Gasteiger partial charge in [-0.25, -0.2) is 0 Å². The van der Waals surface area contributed by atoms with Gasteiger partial charge in [-0.1, -0.05) is 0 Å². The Balaban J connectivity index is 0.00000133. The minimum absolute atomic E-state index is 0. The Kier molecular flexibility index (Phi) is 5.45. The van der Waals surface area contributed by atoms with E-state index in [1.54, 1.807) is 0 Å². The number of carbonyl (C=O) groups excluding carboxylic acids is 1. The van der Waals surface area contributed by atoms with Gasteiger partial charge in [-0.3, -0.25) is 9.69 Å². The summed E-state index contributed by atoms with van der Waals surface area (Å²) in [7, 11) is 0. The zero-order valence-corrected chi connectivity index (χ0v) is 12.1. The first-order chi connectivity index (χ1) is 8.83. The Morgan fingerprint density at radius 2 is 2.21 bits per heavy atom. The summed E-state index contributed by atoms with van der Waals surface area (Å²) in [4.78, 5) is 14.4. The topological polar surface area (TPSA) is 53.6 Å². The molecule has 5 nitrogen and oxygen atoms in total. The lowest BCUT2D eigenvalue weighted by Crippen LogP contribution is -2.50. The molecule has 6 heteroatoms. The number of nitrogens with zero attached hydrogens (tertiary/aromatic N) is 1. The standard InChI is InChI=1S/C13H23N3O2.ClH/c17-13(12-2-1-5-14-12)15-8-11-9-16(6-7-18-11)10-3-4-10;/h10-12,14H,1-9H2,(H,15,17);1H. The molecule has 3 fully saturated rings. The quantitative estimate of drug-likeness (QED) is 0.773. The molecule has 3 aliphatic rings. The van der Waals surface area contributed by atoms with Gasteiger partial charge < -0.3 is 15.4 Å². The van der Waals surface area contributed by atoms with Crippen molar-refractivity contribution in [2.24, 2.45) is 0 Å². The van der Waals surface area contributed by atoms with E-state index < -0.39 is 0 Å². The van der Waals surface area contributed by atoms with Gasteiger partial charge in [0.1, 0.15) is 0 Å². The first-order valence-corrected chi connectivity index (χ1v) is 7.19. The fraction of sp³-hybridized carbons (Fsp3) is 0.923. The van der Waals surface area contributed by atoms with E-state index in [2.05, 4.69) is 15.5 Å². The van der Waals surface area contributed by atoms with E-state index in [0.29, 0.717) is 6.54 Å². The molecule has 2 N–H and O–H groups in total. The molecule has 110 valence electrons. The summed E-state index contributed by atoms with van der Waals surface area (Å²) in [5.41, 5.74) is 0. The summed E-state index contributed by atoms with van der Waals surface area (Å²) in [6, 6.07) is 0.816. The van der Waals surface area contributed by atoms with Crippen molar-refractivity contribution in [3.63, 3.8) is 0 Å². The van der Waals surface area contributed by atoms with Gasteiger partial charge in [0.25, 0.3) is 0 Å². The van der Waals surface area contributed by atoms with Crippen LogP contribution in [0, 0.1) is 0 Å². The molecule has 0 aromatic rings. The number of hydrogen-bond donors (Lipinski definition) is 2. The van der Waals surface area contributed by atoms with Crippen LogP contribution in [0.4, 0.5) is 0 Å². The number of carbonyl (C=O) groups is 1. The van der Waals surface area contributed by atoms with Crippen LogP contribution in [-0.4, -0.2) is 61.8 Å². The summed E-state index contributed by atoms with van der Waals surface area (Å²) < 4.78 is 5.72. The Morgan fingerprint density at radius 3 is 2.89 bits per heavy atom. The van der Waals surface area contributed by atoms with Crippen LogP contribution in [0.1, 0.15) is 25.7 Å². The van der Waals surface area contributed by atoms with Gasteiger partial charge in [0, 0.05) is 25.7 Å². The van der Waals surface area contributed by atoms with E-state index in [4.69, 9.17) is 4.74 Å². The summed E-state index contributed by atoms with van der Waals surface area (Å²) in [6.07, 6.45) is 4.92. The molecular weight excluding hydrogens is 266 g/mol. The summed E-state index contributed by atoms with van der Waals surface area (Å²) in [5.74, 6) is 0.139. The highest BCUT2D eigenvalue weighted by molar-refractivity contribution is 5.85. The highest BCUT2D eigenvalue weighted by atomic mass is 35.5. The van der Waals surface area contributed by atoms with Gasteiger partial charge in [0.15, 0.2) is 0 Å². The van der Waals surface area contributed by atoms with Crippen LogP contribution in [0.5, 0.6) is 0 Å². The smallest absolute Gasteiger partial charge is 0.237 e. The number of amides is 1. The third kappa shape index (κ3) is 4.05. The van der Waals surface area contributed by atoms with Gasteiger partial charge in [-0.15, -0.1) is 12.4 Å². The van der Waals surface area contributed by atoms with E-state index in [9.17, 15) is 4.79 Å². The molecule has 1 amide bonds. The van der Waals surface area contributed by atoms with Crippen molar-refractivity contribution in [2.75, 3.05) is 32.8 Å². The number of rotatable bonds is 4. The Bertz CT molecular complexity index is 306. The molecule has 0 radical (unpaired) electrons. The monoisotopic (exact) mass is 289 g/mol. The van der Waals surface area contributed by atoms with Crippen molar-refractivity contribution in [3.05, 3.63) is 0 Å². The second-order valence-electron chi connectivity index (χ2n) is 5.61. The lowest BCUT2D eigenvalue weighted by Gasteiger charge is -2.33. The van der Waals surface area contributed by atoms with Gasteiger partial charge >= 0.3 is 0 Å². The van der Waals surface area contributed by atoms with Crippen molar-refractivity contribution < 1.29 is 9.53 Å². The maximum absolute atomic E-state index is 11.9. The molecule has 2 atom stereocenters. The first-order valence-electron chi connectivity index (χ1n) is 7.19. The molecule has 0 spiro atoms. The van der Waals surface area contributed by atoms with E-state index in [1.165, 1.54) is 12.8 Å². The molecule has 1 aliphatic carbocycles. The van der Waals surface area contributed by atoms with Crippen LogP contribution in [0.3, 0.4) is 0 Å². The SMILES string of the molecule is Cl.O=C(NCC1CN(C2CC2)CCO1)C1CCCN1. The molecular formula is C13H24ClN3O2. The molecule has 19 heavy (non-hydrogen) atoms. The molecule has 2 aliphatic heterocycles. The molecule has 0 bridgehead atoms. The average molecular weight is 290 g/mol. The third-order valence-corrected chi connectivity index (χ3v) is 4.11. The van der Waals surface area contributed by atoms with Gasteiger partial charge in [0.05, 0.1) is 18.8 Å². The number of nitrogens with one attached hydrogen (secondary N) is 2. The van der Waals surface area contributed by atoms with Crippen molar-refractivity contribution in [1.82, 2.24) is 15.5 Å². The summed E-state index contributed by atoms with van der Waals surface area (Å²) >= 11 is 0. The van der Waals surface area contributed by atoms with Crippen LogP contribution in [0.2, 0.25) is 0 Å². The number of ether oxygens (including phenoxy) is 1. The Labute approximate surface area is 120 Å². The molecule has 0 aromatic heterocycles. The van der Waals surface area contributed by atoms with Gasteiger partial charge in [0.2, 0.25) is 5.91 Å². The summed E-state index contributed by atoms with van der Waals surface area (Å²) in [5, 5.41) is 6.24. The minimum Gasteiger partial charge on any atom is -0.374 e. The Hall–Kier alpha value is -0.360. The van der Waals surface area contributed by atoms with Crippen LogP contribution in [0.25, 0.3) is 0 Å². The molecule has 0 aromatic carbocycles. The molecule has 1 saturated carbocycles.